The molecule has 2 unspecified atom stereocenters. The molecule has 0 radical (unpaired) electrons. The number of nitrogens with one attached hydrogen (secondary N) is 1. The van der Waals surface area contributed by atoms with Crippen molar-refractivity contribution in [1.29, 1.82) is 0 Å². The summed E-state index contributed by atoms with van der Waals surface area (Å²) in [5.41, 5.74) is 6.66. The van der Waals surface area contributed by atoms with Crippen LogP contribution < -0.4 is 11.1 Å². The van der Waals surface area contributed by atoms with Crippen LogP contribution in [-0.4, -0.2) is 22.2 Å². The molecule has 1 fully saturated rings. The number of nitrogens with zero attached hydrogens (tertiary/aromatic N) is 1. The summed E-state index contributed by atoms with van der Waals surface area (Å²) >= 11 is 3.41. The number of anilines is 2. The van der Waals surface area contributed by atoms with Gasteiger partial charge in [0, 0.05) is 12.7 Å². The van der Waals surface area contributed by atoms with Gasteiger partial charge in [0.2, 0.25) is 0 Å². The summed E-state index contributed by atoms with van der Waals surface area (Å²) in [6, 6.07) is 0. The van der Waals surface area contributed by atoms with Crippen LogP contribution in [0.2, 0.25) is 0 Å². The van der Waals surface area contributed by atoms with Crippen LogP contribution in [0.4, 0.5) is 11.4 Å². The second-order valence-electron chi connectivity index (χ2n) is 5.36. The van der Waals surface area contributed by atoms with E-state index in [1.165, 1.54) is 6.42 Å². The average Bonchev–Trinajstić information content (AvgIpc) is 2.28. The fraction of sp³-hybridized carbons (Fsp3) is 0.615. The molecule has 0 aliphatic heterocycles. The molecule has 2 rings (SSSR count). The Bertz CT molecular complexity index is 406. The van der Waals surface area contributed by atoms with Crippen molar-refractivity contribution in [1.82, 2.24) is 4.98 Å². The third kappa shape index (κ3) is 3.14. The van der Waals surface area contributed by atoms with E-state index in [2.05, 4.69) is 33.2 Å². The van der Waals surface area contributed by atoms with Crippen molar-refractivity contribution in [2.24, 2.45) is 5.92 Å². The molecule has 0 spiro atoms. The Morgan fingerprint density at radius 2 is 2.39 bits per heavy atom. The summed E-state index contributed by atoms with van der Waals surface area (Å²) in [6.07, 6.45) is 7.32. The van der Waals surface area contributed by atoms with Gasteiger partial charge in [-0.15, -0.1) is 0 Å². The van der Waals surface area contributed by atoms with Gasteiger partial charge in [-0.1, -0.05) is 19.8 Å². The highest BCUT2D eigenvalue weighted by Crippen LogP contribution is 2.34. The van der Waals surface area contributed by atoms with Gasteiger partial charge in [-0.25, -0.2) is 0 Å². The zero-order valence-electron chi connectivity index (χ0n) is 10.6. The predicted octanol–water partition coefficient (Wildman–Crippen LogP) is 2.78. The number of halogens is 1. The highest BCUT2D eigenvalue weighted by atomic mass is 79.9. The lowest BCUT2D eigenvalue weighted by Crippen LogP contribution is -2.41. The van der Waals surface area contributed by atoms with Crippen LogP contribution in [0.5, 0.6) is 0 Å². The molecule has 1 aliphatic rings. The molecule has 1 aromatic rings. The van der Waals surface area contributed by atoms with Crippen molar-refractivity contribution < 1.29 is 5.11 Å². The lowest BCUT2D eigenvalue weighted by atomic mass is 9.79. The fourth-order valence-corrected chi connectivity index (χ4v) is 3.17. The molecule has 1 heterocycles. The molecular formula is C13H20BrN3O. The zero-order valence-corrected chi connectivity index (χ0v) is 12.2. The number of rotatable bonds is 3. The standard InChI is InChI=1S/C13H20BrN3O/c1-9-3-2-4-13(18,5-9)8-17-12-10(14)6-16-7-11(12)15/h6-7,9,18H,2-5,8,15H2,1H3,(H,16,17). The van der Waals surface area contributed by atoms with E-state index in [4.69, 9.17) is 5.73 Å². The topological polar surface area (TPSA) is 71.2 Å². The lowest BCUT2D eigenvalue weighted by molar-refractivity contribution is -0.000758. The van der Waals surface area contributed by atoms with Gasteiger partial charge in [-0.2, -0.15) is 0 Å². The van der Waals surface area contributed by atoms with Crippen molar-refractivity contribution in [3.05, 3.63) is 16.9 Å². The zero-order chi connectivity index (χ0) is 13.2. The van der Waals surface area contributed by atoms with E-state index in [1.54, 1.807) is 12.4 Å². The van der Waals surface area contributed by atoms with Gasteiger partial charge in [0.05, 0.1) is 27.6 Å². The maximum atomic E-state index is 10.6. The first kappa shape index (κ1) is 13.6. The smallest absolute Gasteiger partial charge is 0.0821 e. The van der Waals surface area contributed by atoms with Gasteiger partial charge in [-0.3, -0.25) is 4.98 Å². The number of aliphatic hydroxyl groups is 1. The summed E-state index contributed by atoms with van der Waals surface area (Å²) in [7, 11) is 0. The monoisotopic (exact) mass is 313 g/mol. The van der Waals surface area contributed by atoms with Gasteiger partial charge >= 0.3 is 0 Å². The van der Waals surface area contributed by atoms with Crippen LogP contribution in [0.15, 0.2) is 16.9 Å². The van der Waals surface area contributed by atoms with E-state index in [0.29, 0.717) is 18.2 Å². The number of nitrogens with two attached hydrogens (primary N) is 1. The molecule has 0 aromatic carbocycles. The first-order chi connectivity index (χ1) is 8.50. The molecule has 1 saturated carbocycles. The second-order valence-corrected chi connectivity index (χ2v) is 6.22. The number of hydrogen-bond acceptors (Lipinski definition) is 4. The second kappa shape index (κ2) is 5.45. The van der Waals surface area contributed by atoms with Crippen LogP contribution in [-0.2, 0) is 0 Å². The van der Waals surface area contributed by atoms with Crippen LogP contribution >= 0.6 is 15.9 Å². The minimum atomic E-state index is -0.618. The molecule has 0 bridgehead atoms. The van der Waals surface area contributed by atoms with Crippen molar-refractivity contribution in [2.75, 3.05) is 17.6 Å². The molecule has 4 N–H and O–H groups in total. The van der Waals surface area contributed by atoms with Crippen LogP contribution in [0, 0.1) is 5.92 Å². The highest BCUT2D eigenvalue weighted by molar-refractivity contribution is 9.10. The Labute approximate surface area is 116 Å². The van der Waals surface area contributed by atoms with Gasteiger partial charge in [0.15, 0.2) is 0 Å². The Morgan fingerprint density at radius 3 is 3.06 bits per heavy atom. The van der Waals surface area contributed by atoms with Gasteiger partial charge in [0.25, 0.3) is 0 Å². The molecule has 1 aliphatic carbocycles. The van der Waals surface area contributed by atoms with E-state index < -0.39 is 5.60 Å². The Balaban J connectivity index is 2.02. The molecule has 5 heteroatoms. The van der Waals surface area contributed by atoms with E-state index in [1.807, 2.05) is 0 Å². The largest absolute Gasteiger partial charge is 0.396 e. The molecule has 1 aromatic heterocycles. The molecule has 100 valence electrons. The lowest BCUT2D eigenvalue weighted by Gasteiger charge is -2.36. The molecular weight excluding hydrogens is 294 g/mol. The molecule has 0 amide bonds. The maximum absolute atomic E-state index is 10.6. The summed E-state index contributed by atoms with van der Waals surface area (Å²) in [6.45, 7) is 2.73. The van der Waals surface area contributed by atoms with Crippen LogP contribution in [0.25, 0.3) is 0 Å². The highest BCUT2D eigenvalue weighted by Gasteiger charge is 2.32. The Morgan fingerprint density at radius 1 is 1.61 bits per heavy atom. The van der Waals surface area contributed by atoms with Crippen molar-refractivity contribution >= 4 is 27.3 Å². The van der Waals surface area contributed by atoms with Gasteiger partial charge < -0.3 is 16.2 Å². The minimum absolute atomic E-state index is 0.532. The minimum Gasteiger partial charge on any atom is -0.396 e. The number of hydrogen-bond donors (Lipinski definition) is 3. The van der Waals surface area contributed by atoms with E-state index >= 15 is 0 Å². The summed E-state index contributed by atoms with van der Waals surface area (Å²) in [5.74, 6) is 0.587. The molecule has 18 heavy (non-hydrogen) atoms. The van der Waals surface area contributed by atoms with Crippen LogP contribution in [0.3, 0.4) is 0 Å². The molecule has 2 atom stereocenters. The SMILES string of the molecule is CC1CCCC(O)(CNc2c(N)cncc2Br)C1. The third-order valence-electron chi connectivity index (χ3n) is 3.59. The average molecular weight is 314 g/mol. The number of aromatic nitrogens is 1. The normalized spacial score (nSPS) is 28.1. The maximum Gasteiger partial charge on any atom is 0.0821 e. The Hall–Kier alpha value is -0.810. The first-order valence-electron chi connectivity index (χ1n) is 6.35. The van der Waals surface area contributed by atoms with Crippen molar-refractivity contribution in [3.63, 3.8) is 0 Å². The third-order valence-corrected chi connectivity index (χ3v) is 4.19. The quantitative estimate of drug-likeness (QED) is 0.802. The van der Waals surface area contributed by atoms with Gasteiger partial charge in [0.1, 0.15) is 0 Å². The van der Waals surface area contributed by atoms with Crippen molar-refractivity contribution in [3.8, 4) is 0 Å². The van der Waals surface area contributed by atoms with Crippen molar-refractivity contribution in [2.45, 2.75) is 38.2 Å². The predicted molar refractivity (Wildman–Crippen MR) is 77.4 cm³/mol. The van der Waals surface area contributed by atoms with E-state index in [0.717, 1.165) is 29.4 Å². The number of pyridine rings is 1. The summed E-state index contributed by atoms with van der Waals surface area (Å²) in [5, 5.41) is 13.8. The first-order valence-corrected chi connectivity index (χ1v) is 7.15. The Kier molecular flexibility index (Phi) is 4.12. The summed E-state index contributed by atoms with van der Waals surface area (Å²) < 4.78 is 0.829. The van der Waals surface area contributed by atoms with E-state index in [9.17, 15) is 5.11 Å². The molecule has 4 nitrogen and oxygen atoms in total. The number of nitrogen functional groups attached to an aromatic ring is 1. The van der Waals surface area contributed by atoms with E-state index in [-0.39, 0.29) is 0 Å². The molecule has 0 saturated heterocycles. The summed E-state index contributed by atoms with van der Waals surface area (Å²) in [4.78, 5) is 3.99. The van der Waals surface area contributed by atoms with Gasteiger partial charge in [-0.05, 0) is 34.7 Å². The fourth-order valence-electron chi connectivity index (χ4n) is 2.68. The van der Waals surface area contributed by atoms with Crippen LogP contribution in [0.1, 0.15) is 32.6 Å².